The van der Waals surface area contributed by atoms with Gasteiger partial charge in [-0.25, -0.2) is 4.39 Å². The Bertz CT molecular complexity index is 371. The Kier molecular flexibility index (Phi) is 3.62. The maximum atomic E-state index is 12.8. The highest BCUT2D eigenvalue weighted by Crippen LogP contribution is 2.26. The molecule has 1 rings (SSSR count). The van der Waals surface area contributed by atoms with Crippen LogP contribution in [-0.2, 0) is 0 Å². The van der Waals surface area contributed by atoms with Crippen LogP contribution in [0.4, 0.5) is 4.39 Å². The van der Waals surface area contributed by atoms with Crippen LogP contribution >= 0.6 is 15.9 Å². The lowest BCUT2D eigenvalue weighted by molar-refractivity contribution is 0.357. The van der Waals surface area contributed by atoms with E-state index in [1.807, 2.05) is 14.1 Å². The quantitative estimate of drug-likeness (QED) is 0.814. The van der Waals surface area contributed by atoms with Crippen molar-refractivity contribution in [2.45, 2.75) is 6.04 Å². The van der Waals surface area contributed by atoms with Gasteiger partial charge in [0.2, 0.25) is 0 Å². The number of hydrogen-bond donors (Lipinski definition) is 0. The summed E-state index contributed by atoms with van der Waals surface area (Å²) in [6.45, 7) is 0. The number of nitrogens with zero attached hydrogens (tertiary/aromatic N) is 2. The third kappa shape index (κ3) is 2.31. The number of benzene rings is 1. The molecule has 0 bridgehead atoms. The van der Waals surface area contributed by atoms with Gasteiger partial charge in [0.15, 0.2) is 0 Å². The molecule has 0 N–H and O–H groups in total. The predicted molar refractivity (Wildman–Crippen MR) is 56.1 cm³/mol. The van der Waals surface area contributed by atoms with Crippen LogP contribution in [0.25, 0.3) is 0 Å². The molecule has 0 aliphatic carbocycles. The smallest absolute Gasteiger partial charge is 0.124 e. The number of rotatable bonds is 2. The van der Waals surface area contributed by atoms with E-state index in [9.17, 15) is 4.39 Å². The van der Waals surface area contributed by atoms with Gasteiger partial charge in [-0.15, -0.1) is 0 Å². The molecule has 0 saturated heterocycles. The average Bonchev–Trinajstić information content (AvgIpc) is 2.09. The first-order chi connectivity index (χ1) is 6.56. The van der Waals surface area contributed by atoms with E-state index in [1.54, 1.807) is 11.0 Å². The summed E-state index contributed by atoms with van der Waals surface area (Å²) < 4.78 is 13.4. The van der Waals surface area contributed by atoms with Crippen LogP contribution in [0.2, 0.25) is 0 Å². The van der Waals surface area contributed by atoms with Gasteiger partial charge in [0.25, 0.3) is 0 Å². The maximum Gasteiger partial charge on any atom is 0.124 e. The zero-order valence-electron chi connectivity index (χ0n) is 7.96. The van der Waals surface area contributed by atoms with Gasteiger partial charge in [-0.3, -0.25) is 4.90 Å². The molecule has 1 aromatic carbocycles. The van der Waals surface area contributed by atoms with Crippen molar-refractivity contribution in [3.8, 4) is 6.07 Å². The third-order valence-electron chi connectivity index (χ3n) is 1.90. The third-order valence-corrected chi connectivity index (χ3v) is 2.58. The number of halogens is 2. The van der Waals surface area contributed by atoms with Crippen LogP contribution < -0.4 is 0 Å². The SMILES string of the molecule is CN(C)C(C#N)c1ccc(F)cc1Br. The summed E-state index contributed by atoms with van der Waals surface area (Å²) in [5.74, 6) is -0.309. The first-order valence-corrected chi connectivity index (χ1v) is 4.86. The van der Waals surface area contributed by atoms with Crippen molar-refractivity contribution in [2.24, 2.45) is 0 Å². The standard InChI is InChI=1S/C10H10BrFN2/c1-14(2)10(6-13)8-4-3-7(12)5-9(8)11/h3-5,10H,1-2H3. The van der Waals surface area contributed by atoms with E-state index in [2.05, 4.69) is 22.0 Å². The van der Waals surface area contributed by atoms with Crippen LogP contribution in [-0.4, -0.2) is 19.0 Å². The minimum atomic E-state index is -0.357. The molecule has 14 heavy (non-hydrogen) atoms. The van der Waals surface area contributed by atoms with Crippen molar-refractivity contribution in [1.82, 2.24) is 4.90 Å². The largest absolute Gasteiger partial charge is 0.290 e. The molecule has 0 aliphatic rings. The zero-order valence-corrected chi connectivity index (χ0v) is 9.55. The summed E-state index contributed by atoms with van der Waals surface area (Å²) in [6.07, 6.45) is 0. The fraction of sp³-hybridized carbons (Fsp3) is 0.300. The molecule has 0 spiro atoms. The molecular weight excluding hydrogens is 247 g/mol. The Hall–Kier alpha value is -0.920. The first-order valence-electron chi connectivity index (χ1n) is 4.07. The van der Waals surface area contributed by atoms with Crippen LogP contribution in [0.3, 0.4) is 0 Å². The van der Waals surface area contributed by atoms with E-state index < -0.39 is 0 Å². The van der Waals surface area contributed by atoms with Gasteiger partial charge < -0.3 is 0 Å². The van der Waals surface area contributed by atoms with Crippen LogP contribution in [0, 0.1) is 17.1 Å². The van der Waals surface area contributed by atoms with E-state index in [4.69, 9.17) is 5.26 Å². The number of nitriles is 1. The second-order valence-electron chi connectivity index (χ2n) is 3.16. The highest BCUT2D eigenvalue weighted by atomic mass is 79.9. The molecule has 74 valence electrons. The minimum Gasteiger partial charge on any atom is -0.290 e. The second-order valence-corrected chi connectivity index (χ2v) is 4.02. The predicted octanol–water partition coefficient (Wildman–Crippen LogP) is 2.71. The van der Waals surface area contributed by atoms with Crippen LogP contribution in [0.5, 0.6) is 0 Å². The van der Waals surface area contributed by atoms with Crippen molar-refractivity contribution in [3.63, 3.8) is 0 Å². The van der Waals surface area contributed by atoms with Gasteiger partial charge in [0, 0.05) is 4.47 Å². The fourth-order valence-corrected chi connectivity index (χ4v) is 1.75. The lowest BCUT2D eigenvalue weighted by atomic mass is 10.1. The van der Waals surface area contributed by atoms with Crippen LogP contribution in [0.1, 0.15) is 11.6 Å². The van der Waals surface area contributed by atoms with Crippen molar-refractivity contribution in [2.75, 3.05) is 14.1 Å². The average molecular weight is 257 g/mol. The van der Waals surface area contributed by atoms with E-state index in [0.29, 0.717) is 4.47 Å². The highest BCUT2D eigenvalue weighted by Gasteiger charge is 2.15. The molecule has 1 atom stereocenters. The summed E-state index contributed by atoms with van der Waals surface area (Å²) in [6, 6.07) is 6.13. The second kappa shape index (κ2) is 4.54. The van der Waals surface area contributed by atoms with E-state index in [1.165, 1.54) is 12.1 Å². The zero-order chi connectivity index (χ0) is 10.7. The number of hydrogen-bond acceptors (Lipinski definition) is 2. The molecule has 1 unspecified atom stereocenters. The maximum absolute atomic E-state index is 12.8. The molecule has 4 heteroatoms. The summed E-state index contributed by atoms with van der Waals surface area (Å²) in [5.41, 5.74) is 0.777. The van der Waals surface area contributed by atoms with Crippen molar-refractivity contribution in [3.05, 3.63) is 34.1 Å². The first kappa shape index (κ1) is 11.2. The normalized spacial score (nSPS) is 12.6. The topological polar surface area (TPSA) is 27.0 Å². The Morgan fingerprint density at radius 2 is 2.14 bits per heavy atom. The molecule has 0 aliphatic heterocycles. The van der Waals surface area contributed by atoms with E-state index in [0.717, 1.165) is 5.56 Å². The van der Waals surface area contributed by atoms with E-state index in [-0.39, 0.29) is 11.9 Å². The molecule has 1 aromatic rings. The van der Waals surface area contributed by atoms with Crippen LogP contribution in [0.15, 0.2) is 22.7 Å². The Balaban J connectivity index is 3.13. The lowest BCUT2D eigenvalue weighted by Gasteiger charge is -2.18. The highest BCUT2D eigenvalue weighted by molar-refractivity contribution is 9.10. The molecule has 0 heterocycles. The Labute approximate surface area is 91.1 Å². The molecule has 2 nitrogen and oxygen atoms in total. The summed E-state index contributed by atoms with van der Waals surface area (Å²) in [4.78, 5) is 1.78. The van der Waals surface area contributed by atoms with Gasteiger partial charge in [-0.05, 0) is 31.8 Å². The van der Waals surface area contributed by atoms with Crippen molar-refractivity contribution < 1.29 is 4.39 Å². The Morgan fingerprint density at radius 1 is 1.50 bits per heavy atom. The van der Waals surface area contributed by atoms with Crippen molar-refractivity contribution >= 4 is 15.9 Å². The minimum absolute atomic E-state index is 0.309. The van der Waals surface area contributed by atoms with Gasteiger partial charge in [0.05, 0.1) is 6.07 Å². The molecular formula is C10H10BrFN2. The van der Waals surface area contributed by atoms with E-state index >= 15 is 0 Å². The van der Waals surface area contributed by atoms with Gasteiger partial charge in [-0.2, -0.15) is 5.26 Å². The molecule has 0 saturated carbocycles. The lowest BCUT2D eigenvalue weighted by Crippen LogP contribution is -2.18. The Morgan fingerprint density at radius 3 is 2.57 bits per heavy atom. The summed E-state index contributed by atoms with van der Waals surface area (Å²) in [5, 5.41) is 8.94. The molecule has 0 aromatic heterocycles. The van der Waals surface area contributed by atoms with Crippen molar-refractivity contribution in [1.29, 1.82) is 5.26 Å². The monoisotopic (exact) mass is 256 g/mol. The molecule has 0 radical (unpaired) electrons. The van der Waals surface area contributed by atoms with Gasteiger partial charge >= 0.3 is 0 Å². The summed E-state index contributed by atoms with van der Waals surface area (Å²) in [7, 11) is 3.62. The molecule has 0 amide bonds. The molecule has 0 fully saturated rings. The summed E-state index contributed by atoms with van der Waals surface area (Å²) >= 11 is 3.24. The van der Waals surface area contributed by atoms with Gasteiger partial charge in [0.1, 0.15) is 11.9 Å². The fourth-order valence-electron chi connectivity index (χ4n) is 1.19. The van der Waals surface area contributed by atoms with Gasteiger partial charge in [-0.1, -0.05) is 22.0 Å².